The predicted octanol–water partition coefficient (Wildman–Crippen LogP) is 3.35. The molecular formula is C15H20N2. The molecule has 2 nitrogen and oxygen atoms in total. The third-order valence-electron chi connectivity index (χ3n) is 2.85. The van der Waals surface area contributed by atoms with Crippen LogP contribution >= 0.6 is 0 Å². The van der Waals surface area contributed by atoms with E-state index in [1.807, 2.05) is 24.3 Å². The van der Waals surface area contributed by atoms with Crippen LogP contribution in [0.25, 0.3) is 6.08 Å². The smallest absolute Gasteiger partial charge is 0.0997 e. The van der Waals surface area contributed by atoms with E-state index in [1.54, 1.807) is 0 Å². The Morgan fingerprint density at radius 2 is 2.18 bits per heavy atom. The number of nitrogens with one attached hydrogen (secondary N) is 1. The Bertz CT molecular complexity index is 427. The molecule has 90 valence electrons. The largest absolute Gasteiger partial charge is 0.311 e. The van der Waals surface area contributed by atoms with E-state index in [9.17, 15) is 0 Å². The summed E-state index contributed by atoms with van der Waals surface area (Å²) in [6.45, 7) is 7.42. The zero-order valence-electron chi connectivity index (χ0n) is 10.8. The topological polar surface area (TPSA) is 35.8 Å². The van der Waals surface area contributed by atoms with Gasteiger partial charge in [-0.1, -0.05) is 36.8 Å². The Labute approximate surface area is 104 Å². The van der Waals surface area contributed by atoms with Crippen LogP contribution in [0.2, 0.25) is 0 Å². The molecule has 17 heavy (non-hydrogen) atoms. The molecule has 0 aliphatic heterocycles. The number of hydrogen-bond acceptors (Lipinski definition) is 2. The van der Waals surface area contributed by atoms with Crippen molar-refractivity contribution in [3.8, 4) is 6.07 Å². The fraction of sp³-hybridized carbons (Fsp3) is 0.400. The van der Waals surface area contributed by atoms with Gasteiger partial charge in [-0.15, -0.1) is 0 Å². The highest BCUT2D eigenvalue weighted by Crippen LogP contribution is 2.13. The van der Waals surface area contributed by atoms with Gasteiger partial charge in [-0.3, -0.25) is 0 Å². The molecule has 1 rings (SSSR count). The molecule has 1 N–H and O–H groups in total. The van der Waals surface area contributed by atoms with Crippen LogP contribution in [0.3, 0.4) is 0 Å². The molecule has 0 bridgehead atoms. The van der Waals surface area contributed by atoms with Crippen LogP contribution in [-0.2, 0) is 0 Å². The molecule has 0 saturated carbocycles. The average Bonchev–Trinajstić information content (AvgIpc) is 2.36. The molecule has 0 aliphatic rings. The van der Waals surface area contributed by atoms with E-state index in [0.717, 1.165) is 24.1 Å². The van der Waals surface area contributed by atoms with Crippen molar-refractivity contribution in [3.63, 3.8) is 0 Å². The summed E-state index contributed by atoms with van der Waals surface area (Å²) in [6, 6.07) is 10.3. The van der Waals surface area contributed by atoms with Gasteiger partial charge >= 0.3 is 0 Å². The summed E-state index contributed by atoms with van der Waals surface area (Å²) in [5.74, 6) is 0. The fourth-order valence-corrected chi connectivity index (χ4v) is 1.62. The fourth-order valence-electron chi connectivity index (χ4n) is 1.62. The molecule has 0 heterocycles. The highest BCUT2D eigenvalue weighted by atomic mass is 14.9. The van der Waals surface area contributed by atoms with Crippen molar-refractivity contribution in [1.82, 2.24) is 5.32 Å². The zero-order chi connectivity index (χ0) is 12.7. The minimum Gasteiger partial charge on any atom is -0.311 e. The van der Waals surface area contributed by atoms with Crippen molar-refractivity contribution in [2.24, 2.45) is 0 Å². The average molecular weight is 228 g/mol. The first-order valence-corrected chi connectivity index (χ1v) is 6.09. The summed E-state index contributed by atoms with van der Waals surface area (Å²) in [4.78, 5) is 0. The van der Waals surface area contributed by atoms with Gasteiger partial charge in [0.2, 0.25) is 0 Å². The Kier molecular flexibility index (Phi) is 5.45. The van der Waals surface area contributed by atoms with Crippen LogP contribution in [0.4, 0.5) is 0 Å². The van der Waals surface area contributed by atoms with Crippen LogP contribution in [0, 0.1) is 11.3 Å². The Balaban J connectivity index is 2.83. The van der Waals surface area contributed by atoms with Crippen LogP contribution in [0.15, 0.2) is 29.8 Å². The lowest BCUT2D eigenvalue weighted by molar-refractivity contribution is 0.604. The van der Waals surface area contributed by atoms with Crippen molar-refractivity contribution in [2.75, 3.05) is 6.54 Å². The van der Waals surface area contributed by atoms with Gasteiger partial charge in [0.25, 0.3) is 0 Å². The summed E-state index contributed by atoms with van der Waals surface area (Å²) < 4.78 is 0. The minimum atomic E-state index is 0.349. The first kappa shape index (κ1) is 13.5. The van der Waals surface area contributed by atoms with Crippen LogP contribution in [0.5, 0.6) is 0 Å². The van der Waals surface area contributed by atoms with E-state index in [4.69, 9.17) is 5.26 Å². The van der Waals surface area contributed by atoms with Gasteiger partial charge in [-0.25, -0.2) is 0 Å². The second-order valence-corrected chi connectivity index (χ2v) is 4.26. The SMILES string of the molecule is CCCNC(C)/C(C)=C/c1ccccc1C#N. The van der Waals surface area contributed by atoms with Gasteiger partial charge in [-0.2, -0.15) is 5.26 Å². The van der Waals surface area contributed by atoms with Crippen molar-refractivity contribution >= 4 is 6.08 Å². The molecule has 1 aromatic rings. The minimum absolute atomic E-state index is 0.349. The van der Waals surface area contributed by atoms with Crippen molar-refractivity contribution in [2.45, 2.75) is 33.2 Å². The van der Waals surface area contributed by atoms with E-state index >= 15 is 0 Å². The van der Waals surface area contributed by atoms with Gasteiger partial charge in [-0.05, 0) is 38.4 Å². The first-order chi connectivity index (χ1) is 8.19. The highest BCUT2D eigenvalue weighted by Gasteiger charge is 2.04. The molecule has 1 atom stereocenters. The maximum atomic E-state index is 9.02. The molecule has 0 fully saturated rings. The Hall–Kier alpha value is -1.59. The summed E-state index contributed by atoms with van der Waals surface area (Å²) in [6.07, 6.45) is 3.22. The van der Waals surface area contributed by atoms with E-state index in [2.05, 4.69) is 38.2 Å². The van der Waals surface area contributed by atoms with Gasteiger partial charge in [0.15, 0.2) is 0 Å². The molecule has 0 radical (unpaired) electrons. The molecule has 0 spiro atoms. The van der Waals surface area contributed by atoms with Crippen molar-refractivity contribution in [1.29, 1.82) is 5.26 Å². The lowest BCUT2D eigenvalue weighted by Gasteiger charge is -2.14. The summed E-state index contributed by atoms with van der Waals surface area (Å²) in [5, 5.41) is 12.5. The monoisotopic (exact) mass is 228 g/mol. The van der Waals surface area contributed by atoms with Crippen LogP contribution < -0.4 is 5.32 Å². The number of rotatable bonds is 5. The summed E-state index contributed by atoms with van der Waals surface area (Å²) in [7, 11) is 0. The molecule has 0 saturated heterocycles. The van der Waals surface area contributed by atoms with E-state index in [1.165, 1.54) is 5.57 Å². The summed E-state index contributed by atoms with van der Waals surface area (Å²) >= 11 is 0. The van der Waals surface area contributed by atoms with Gasteiger partial charge < -0.3 is 5.32 Å². The van der Waals surface area contributed by atoms with Gasteiger partial charge in [0.05, 0.1) is 11.6 Å². The number of nitrogens with zero attached hydrogens (tertiary/aromatic N) is 1. The van der Waals surface area contributed by atoms with E-state index < -0.39 is 0 Å². The van der Waals surface area contributed by atoms with Crippen LogP contribution in [0.1, 0.15) is 38.3 Å². The maximum absolute atomic E-state index is 9.02. The zero-order valence-corrected chi connectivity index (χ0v) is 10.8. The third kappa shape index (κ3) is 4.05. The normalized spacial score (nSPS) is 13.2. The maximum Gasteiger partial charge on any atom is 0.0997 e. The highest BCUT2D eigenvalue weighted by molar-refractivity contribution is 5.60. The Morgan fingerprint density at radius 1 is 1.47 bits per heavy atom. The predicted molar refractivity (Wildman–Crippen MR) is 72.6 cm³/mol. The lowest BCUT2D eigenvalue weighted by atomic mass is 10.0. The lowest BCUT2D eigenvalue weighted by Crippen LogP contribution is -2.27. The standard InChI is InChI=1S/C15H20N2/c1-4-9-17-13(3)12(2)10-14-7-5-6-8-15(14)11-16/h5-8,10,13,17H,4,9H2,1-3H3/b12-10+. The quantitative estimate of drug-likeness (QED) is 0.839. The molecule has 0 aliphatic carbocycles. The molecule has 1 unspecified atom stereocenters. The number of benzene rings is 1. The van der Waals surface area contributed by atoms with E-state index in [-0.39, 0.29) is 0 Å². The molecule has 1 aromatic carbocycles. The van der Waals surface area contributed by atoms with Crippen molar-refractivity contribution < 1.29 is 0 Å². The second-order valence-electron chi connectivity index (χ2n) is 4.26. The molecular weight excluding hydrogens is 208 g/mol. The van der Waals surface area contributed by atoms with Gasteiger partial charge in [0, 0.05) is 6.04 Å². The third-order valence-corrected chi connectivity index (χ3v) is 2.85. The first-order valence-electron chi connectivity index (χ1n) is 6.09. The van der Waals surface area contributed by atoms with Gasteiger partial charge in [0.1, 0.15) is 0 Å². The molecule has 2 heteroatoms. The second kappa shape index (κ2) is 6.88. The Morgan fingerprint density at radius 3 is 2.82 bits per heavy atom. The van der Waals surface area contributed by atoms with Crippen molar-refractivity contribution in [3.05, 3.63) is 41.0 Å². The summed E-state index contributed by atoms with van der Waals surface area (Å²) in [5.41, 5.74) is 2.98. The number of nitriles is 1. The molecule has 0 amide bonds. The molecule has 0 aromatic heterocycles. The van der Waals surface area contributed by atoms with Crippen LogP contribution in [-0.4, -0.2) is 12.6 Å². The van der Waals surface area contributed by atoms with E-state index in [0.29, 0.717) is 6.04 Å². The number of hydrogen-bond donors (Lipinski definition) is 1.